The van der Waals surface area contributed by atoms with Gasteiger partial charge in [-0.05, 0) is 41.8 Å². The summed E-state index contributed by atoms with van der Waals surface area (Å²) in [7, 11) is -3.65. The van der Waals surface area contributed by atoms with Crippen molar-refractivity contribution in [2.75, 3.05) is 0 Å². The smallest absolute Gasteiger partial charge is 0.238 e. The normalized spacial score (nSPS) is 11.9. The second kappa shape index (κ2) is 5.98. The van der Waals surface area contributed by atoms with Gasteiger partial charge in [0.15, 0.2) is 0 Å². The fraction of sp³-hybridized carbons (Fsp3) is 0.133. The molecule has 0 heterocycles. The highest BCUT2D eigenvalue weighted by Crippen LogP contribution is 2.15. The number of nitrogens with two attached hydrogens (primary N) is 1. The third-order valence-corrected chi connectivity index (χ3v) is 3.85. The van der Waals surface area contributed by atoms with Gasteiger partial charge in [-0.2, -0.15) is 0 Å². The predicted octanol–water partition coefficient (Wildman–Crippen LogP) is 2.65. The molecule has 0 saturated carbocycles. The molecule has 2 aromatic carbocycles. The molecule has 0 aliphatic rings. The van der Waals surface area contributed by atoms with E-state index >= 15 is 0 Å². The second-order valence-electron chi connectivity index (χ2n) is 4.39. The van der Waals surface area contributed by atoms with Gasteiger partial charge >= 0.3 is 0 Å². The first-order chi connectivity index (χ1) is 9.49. The molecule has 0 fully saturated rings. The number of hydrogen-bond acceptors (Lipinski definition) is 3. The Kier molecular flexibility index (Phi) is 4.32. The Bertz CT molecular complexity index is 703. The molecule has 0 radical (unpaired) electrons. The first-order valence-corrected chi connectivity index (χ1v) is 7.79. The van der Waals surface area contributed by atoms with Gasteiger partial charge in [0.1, 0.15) is 0 Å². The molecule has 0 aliphatic carbocycles. The van der Waals surface area contributed by atoms with Gasteiger partial charge < -0.3 is 0 Å². The van der Waals surface area contributed by atoms with E-state index in [4.69, 9.17) is 5.14 Å². The van der Waals surface area contributed by atoms with Crippen molar-refractivity contribution in [2.45, 2.75) is 18.2 Å². The van der Waals surface area contributed by atoms with Crippen LogP contribution in [-0.4, -0.2) is 14.6 Å². The Labute approximate surface area is 119 Å². The lowest BCUT2D eigenvalue weighted by atomic mass is 10.1. The minimum absolute atomic E-state index is 0.0868. The molecule has 5 heteroatoms. The summed E-state index contributed by atoms with van der Waals surface area (Å²) in [4.78, 5) is 4.38. The van der Waals surface area contributed by atoms with Gasteiger partial charge in [-0.15, -0.1) is 0 Å². The van der Waals surface area contributed by atoms with E-state index in [0.29, 0.717) is 5.69 Å². The van der Waals surface area contributed by atoms with Crippen LogP contribution in [-0.2, 0) is 16.4 Å². The van der Waals surface area contributed by atoms with Crippen molar-refractivity contribution in [1.82, 2.24) is 0 Å². The molecule has 2 rings (SSSR count). The van der Waals surface area contributed by atoms with E-state index in [9.17, 15) is 8.42 Å². The fourth-order valence-corrected chi connectivity index (χ4v) is 2.23. The van der Waals surface area contributed by atoms with Crippen LogP contribution in [0.1, 0.15) is 18.1 Å². The third-order valence-electron chi connectivity index (χ3n) is 2.92. The highest BCUT2D eigenvalue weighted by molar-refractivity contribution is 7.89. The number of rotatable bonds is 4. The molecule has 104 valence electrons. The van der Waals surface area contributed by atoms with E-state index in [-0.39, 0.29) is 4.90 Å². The van der Waals surface area contributed by atoms with Crippen molar-refractivity contribution in [2.24, 2.45) is 10.1 Å². The zero-order valence-electron chi connectivity index (χ0n) is 11.2. The molecule has 0 amide bonds. The van der Waals surface area contributed by atoms with Gasteiger partial charge in [-0.25, -0.2) is 13.6 Å². The minimum atomic E-state index is -3.65. The van der Waals surface area contributed by atoms with E-state index in [0.717, 1.165) is 12.0 Å². The molecule has 0 bridgehead atoms. The van der Waals surface area contributed by atoms with Gasteiger partial charge in [0.05, 0.1) is 10.6 Å². The zero-order valence-corrected chi connectivity index (χ0v) is 12.0. The summed E-state index contributed by atoms with van der Waals surface area (Å²) < 4.78 is 22.2. The largest absolute Gasteiger partial charge is 0.256 e. The lowest BCUT2D eigenvalue weighted by molar-refractivity contribution is 0.598. The zero-order chi connectivity index (χ0) is 14.6. The number of hydrogen-bond donors (Lipinski definition) is 1. The molecule has 4 nitrogen and oxygen atoms in total. The molecule has 0 unspecified atom stereocenters. The molecule has 0 spiro atoms. The van der Waals surface area contributed by atoms with Crippen LogP contribution < -0.4 is 5.14 Å². The maximum Gasteiger partial charge on any atom is 0.238 e. The molecule has 0 aliphatic heterocycles. The number of benzene rings is 2. The average Bonchev–Trinajstić information content (AvgIpc) is 2.45. The number of aryl methyl sites for hydroxylation is 1. The number of primary sulfonamides is 1. The molecule has 2 N–H and O–H groups in total. The lowest BCUT2D eigenvalue weighted by Crippen LogP contribution is -2.11. The third kappa shape index (κ3) is 3.76. The van der Waals surface area contributed by atoms with E-state index in [1.807, 2.05) is 12.1 Å². The van der Waals surface area contributed by atoms with Crippen molar-refractivity contribution in [1.29, 1.82) is 0 Å². The van der Waals surface area contributed by atoms with Crippen LogP contribution in [0, 0.1) is 0 Å². The van der Waals surface area contributed by atoms with Crippen LogP contribution in [0.15, 0.2) is 58.4 Å². The number of aliphatic imine (C=N–C) groups is 1. The quantitative estimate of drug-likeness (QED) is 0.878. The SMILES string of the molecule is CCc1ccc(/C=N/c2ccc(S(N)(=O)=O)cc2)cc1. The van der Waals surface area contributed by atoms with E-state index in [2.05, 4.69) is 24.0 Å². The molecule has 2 aromatic rings. The fourth-order valence-electron chi connectivity index (χ4n) is 1.71. The first-order valence-electron chi connectivity index (χ1n) is 6.25. The van der Waals surface area contributed by atoms with Crippen molar-refractivity contribution < 1.29 is 8.42 Å². The van der Waals surface area contributed by atoms with Crippen molar-refractivity contribution in [3.05, 3.63) is 59.7 Å². The van der Waals surface area contributed by atoms with Crippen molar-refractivity contribution >= 4 is 21.9 Å². The van der Waals surface area contributed by atoms with Crippen LogP contribution in [0.25, 0.3) is 0 Å². The van der Waals surface area contributed by atoms with Gasteiger partial charge in [-0.3, -0.25) is 4.99 Å². The van der Waals surface area contributed by atoms with Gasteiger partial charge in [0.2, 0.25) is 10.0 Å². The van der Waals surface area contributed by atoms with E-state index < -0.39 is 10.0 Å². The summed E-state index contributed by atoms with van der Waals surface area (Å²) >= 11 is 0. The standard InChI is InChI=1S/C15H16N2O2S/c1-2-12-3-5-13(6-4-12)11-17-14-7-9-15(10-8-14)20(16,18)19/h3-11H,2H2,1H3,(H2,16,18,19)/b17-11+. The summed E-state index contributed by atoms with van der Waals surface area (Å²) in [6.45, 7) is 2.11. The van der Waals surface area contributed by atoms with Crippen LogP contribution in [0.5, 0.6) is 0 Å². The Morgan fingerprint density at radius 1 is 1.05 bits per heavy atom. The minimum Gasteiger partial charge on any atom is -0.256 e. The lowest BCUT2D eigenvalue weighted by Gasteiger charge is -1.99. The summed E-state index contributed by atoms with van der Waals surface area (Å²) in [5, 5.41) is 5.03. The molecule has 0 atom stereocenters. The summed E-state index contributed by atoms with van der Waals surface area (Å²) in [5.74, 6) is 0. The Morgan fingerprint density at radius 2 is 1.65 bits per heavy atom. The first kappa shape index (κ1) is 14.4. The Balaban J connectivity index is 2.14. The molecular weight excluding hydrogens is 272 g/mol. The summed E-state index contributed by atoms with van der Waals surface area (Å²) in [6, 6.07) is 14.3. The average molecular weight is 288 g/mol. The highest BCUT2D eigenvalue weighted by atomic mass is 32.2. The maximum atomic E-state index is 11.1. The van der Waals surface area contributed by atoms with Gasteiger partial charge in [-0.1, -0.05) is 31.2 Å². The summed E-state index contributed by atoms with van der Waals surface area (Å²) in [5.41, 5.74) is 2.95. The van der Waals surface area contributed by atoms with Gasteiger partial charge in [0, 0.05) is 6.21 Å². The van der Waals surface area contributed by atoms with E-state index in [1.165, 1.54) is 17.7 Å². The number of nitrogens with zero attached hydrogens (tertiary/aromatic N) is 1. The van der Waals surface area contributed by atoms with Crippen molar-refractivity contribution in [3.63, 3.8) is 0 Å². The van der Waals surface area contributed by atoms with Crippen molar-refractivity contribution in [3.8, 4) is 0 Å². The number of sulfonamides is 1. The molecular formula is C15H16N2O2S. The second-order valence-corrected chi connectivity index (χ2v) is 5.95. The van der Waals surface area contributed by atoms with Crippen LogP contribution in [0.2, 0.25) is 0 Å². The maximum absolute atomic E-state index is 11.1. The highest BCUT2D eigenvalue weighted by Gasteiger charge is 2.05. The van der Waals surface area contributed by atoms with Crippen LogP contribution >= 0.6 is 0 Å². The topological polar surface area (TPSA) is 72.5 Å². The molecule has 0 saturated heterocycles. The molecule has 0 aromatic heterocycles. The molecule has 20 heavy (non-hydrogen) atoms. The van der Waals surface area contributed by atoms with Crippen LogP contribution in [0.4, 0.5) is 5.69 Å². The Morgan fingerprint density at radius 3 is 2.15 bits per heavy atom. The summed E-state index contributed by atoms with van der Waals surface area (Å²) in [6.07, 6.45) is 2.75. The van der Waals surface area contributed by atoms with E-state index in [1.54, 1.807) is 18.3 Å². The van der Waals surface area contributed by atoms with Crippen LogP contribution in [0.3, 0.4) is 0 Å². The monoisotopic (exact) mass is 288 g/mol. The van der Waals surface area contributed by atoms with Gasteiger partial charge in [0.25, 0.3) is 0 Å². The Hall–Kier alpha value is -1.98. The predicted molar refractivity (Wildman–Crippen MR) is 80.9 cm³/mol.